The van der Waals surface area contributed by atoms with E-state index in [0.717, 1.165) is 15.7 Å². The number of nitrogen functional groups attached to an aromatic ring is 1. The molecule has 0 saturated carbocycles. The van der Waals surface area contributed by atoms with Crippen molar-refractivity contribution in [1.29, 1.82) is 0 Å². The van der Waals surface area contributed by atoms with Gasteiger partial charge in [-0.05, 0) is 46.9 Å². The van der Waals surface area contributed by atoms with Gasteiger partial charge in [0.15, 0.2) is 0 Å². The van der Waals surface area contributed by atoms with Crippen molar-refractivity contribution >= 4 is 28.3 Å². The molecule has 2 aromatic carbocycles. The summed E-state index contributed by atoms with van der Waals surface area (Å²) in [5.74, 6) is 0.554. The van der Waals surface area contributed by atoms with Crippen molar-refractivity contribution in [3.8, 4) is 11.5 Å². The Morgan fingerprint density at radius 2 is 1.74 bits per heavy atom. The number of ether oxygens (including phenoxy) is 1. The van der Waals surface area contributed by atoms with Gasteiger partial charge in [-0.15, -0.1) is 0 Å². The standard InChI is InChI=1S/C13H9F3INO/c14-13(15,16)8-5-9(18)7-10(6-8)19-12-4-2-1-3-11(12)17/h1-7H,18H2. The number of anilines is 1. The first-order chi connectivity index (χ1) is 8.86. The molecule has 0 aliphatic heterocycles. The summed E-state index contributed by atoms with van der Waals surface area (Å²) < 4.78 is 44.2. The lowest BCUT2D eigenvalue weighted by atomic mass is 10.2. The quantitative estimate of drug-likeness (QED) is 0.607. The molecular weight excluding hydrogens is 370 g/mol. The average Bonchev–Trinajstić information content (AvgIpc) is 2.30. The zero-order chi connectivity index (χ0) is 14.0. The van der Waals surface area contributed by atoms with Gasteiger partial charge in [0.05, 0.1) is 9.13 Å². The highest BCUT2D eigenvalue weighted by Gasteiger charge is 2.31. The van der Waals surface area contributed by atoms with Crippen molar-refractivity contribution in [2.75, 3.05) is 5.73 Å². The van der Waals surface area contributed by atoms with E-state index in [2.05, 4.69) is 0 Å². The average molecular weight is 379 g/mol. The number of para-hydroxylation sites is 1. The predicted molar refractivity (Wildman–Crippen MR) is 75.1 cm³/mol. The third-order valence-electron chi connectivity index (χ3n) is 2.32. The fraction of sp³-hybridized carbons (Fsp3) is 0.0769. The number of hydrogen-bond acceptors (Lipinski definition) is 2. The fourth-order valence-corrected chi connectivity index (χ4v) is 2.00. The Bertz CT molecular complexity index is 599. The van der Waals surface area contributed by atoms with Gasteiger partial charge in [-0.3, -0.25) is 0 Å². The minimum atomic E-state index is -4.45. The van der Waals surface area contributed by atoms with Gasteiger partial charge < -0.3 is 10.5 Å². The van der Waals surface area contributed by atoms with Crippen molar-refractivity contribution in [3.05, 3.63) is 51.6 Å². The van der Waals surface area contributed by atoms with E-state index in [1.807, 2.05) is 28.7 Å². The van der Waals surface area contributed by atoms with Gasteiger partial charge in [-0.25, -0.2) is 0 Å². The van der Waals surface area contributed by atoms with Crippen LogP contribution in [0.2, 0.25) is 0 Å². The van der Waals surface area contributed by atoms with Gasteiger partial charge in [0.1, 0.15) is 11.5 Å². The summed E-state index contributed by atoms with van der Waals surface area (Å²) in [5.41, 5.74) is 4.65. The third kappa shape index (κ3) is 3.52. The molecule has 2 nitrogen and oxygen atoms in total. The Morgan fingerprint density at radius 3 is 2.37 bits per heavy atom. The van der Waals surface area contributed by atoms with Crippen LogP contribution in [-0.2, 0) is 6.18 Å². The number of halogens is 4. The fourth-order valence-electron chi connectivity index (χ4n) is 1.50. The molecule has 0 aliphatic carbocycles. The maximum absolute atomic E-state index is 12.7. The number of rotatable bonds is 2. The molecule has 6 heteroatoms. The van der Waals surface area contributed by atoms with E-state index in [1.165, 1.54) is 6.07 Å². The molecule has 0 spiro atoms. The van der Waals surface area contributed by atoms with Crippen LogP contribution in [0.1, 0.15) is 5.56 Å². The molecule has 2 rings (SSSR count). The lowest BCUT2D eigenvalue weighted by molar-refractivity contribution is -0.137. The number of alkyl halides is 3. The topological polar surface area (TPSA) is 35.2 Å². The van der Waals surface area contributed by atoms with Crippen molar-refractivity contribution < 1.29 is 17.9 Å². The first-order valence-electron chi connectivity index (χ1n) is 5.26. The van der Waals surface area contributed by atoms with E-state index >= 15 is 0 Å². The summed E-state index contributed by atoms with van der Waals surface area (Å²) in [5, 5.41) is 0. The summed E-state index contributed by atoms with van der Waals surface area (Å²) in [4.78, 5) is 0. The Labute approximate surface area is 121 Å². The molecule has 0 saturated heterocycles. The van der Waals surface area contributed by atoms with Crippen molar-refractivity contribution in [2.24, 2.45) is 0 Å². The monoisotopic (exact) mass is 379 g/mol. The minimum Gasteiger partial charge on any atom is -0.456 e. The summed E-state index contributed by atoms with van der Waals surface area (Å²) in [6.07, 6.45) is -4.45. The van der Waals surface area contributed by atoms with Crippen LogP contribution in [0.4, 0.5) is 18.9 Å². The summed E-state index contributed by atoms with van der Waals surface area (Å²) >= 11 is 2.04. The zero-order valence-corrected chi connectivity index (χ0v) is 11.7. The lowest BCUT2D eigenvalue weighted by Gasteiger charge is -2.12. The molecule has 0 aromatic heterocycles. The molecule has 0 fully saturated rings. The van der Waals surface area contributed by atoms with Gasteiger partial charge in [0.2, 0.25) is 0 Å². The SMILES string of the molecule is Nc1cc(Oc2ccccc2I)cc(C(F)(F)F)c1. The molecule has 19 heavy (non-hydrogen) atoms. The highest BCUT2D eigenvalue weighted by atomic mass is 127. The number of benzene rings is 2. The Kier molecular flexibility index (Phi) is 3.88. The highest BCUT2D eigenvalue weighted by molar-refractivity contribution is 14.1. The van der Waals surface area contributed by atoms with Crippen LogP contribution >= 0.6 is 22.6 Å². The van der Waals surface area contributed by atoms with E-state index in [9.17, 15) is 13.2 Å². The molecule has 2 aromatic rings. The second-order valence-electron chi connectivity index (χ2n) is 3.82. The van der Waals surface area contributed by atoms with E-state index < -0.39 is 11.7 Å². The van der Waals surface area contributed by atoms with Crippen LogP contribution < -0.4 is 10.5 Å². The molecular formula is C13H9F3INO. The van der Waals surface area contributed by atoms with E-state index in [1.54, 1.807) is 18.2 Å². The van der Waals surface area contributed by atoms with Gasteiger partial charge in [0.25, 0.3) is 0 Å². The smallest absolute Gasteiger partial charge is 0.416 e. The number of hydrogen-bond donors (Lipinski definition) is 1. The molecule has 0 atom stereocenters. The second-order valence-corrected chi connectivity index (χ2v) is 4.98. The van der Waals surface area contributed by atoms with Crippen LogP contribution in [0.3, 0.4) is 0 Å². The van der Waals surface area contributed by atoms with Gasteiger partial charge in [0, 0.05) is 11.8 Å². The van der Waals surface area contributed by atoms with Crippen molar-refractivity contribution in [3.63, 3.8) is 0 Å². The van der Waals surface area contributed by atoms with Crippen LogP contribution in [-0.4, -0.2) is 0 Å². The van der Waals surface area contributed by atoms with Gasteiger partial charge in [-0.2, -0.15) is 13.2 Å². The Hall–Kier alpha value is -1.44. The van der Waals surface area contributed by atoms with Gasteiger partial charge in [-0.1, -0.05) is 12.1 Å². The zero-order valence-electron chi connectivity index (χ0n) is 9.54. The maximum atomic E-state index is 12.7. The molecule has 0 unspecified atom stereocenters. The first-order valence-corrected chi connectivity index (χ1v) is 6.34. The molecule has 100 valence electrons. The Morgan fingerprint density at radius 1 is 1.05 bits per heavy atom. The minimum absolute atomic E-state index is 0.00997. The molecule has 0 bridgehead atoms. The summed E-state index contributed by atoms with van der Waals surface area (Å²) in [6.45, 7) is 0. The van der Waals surface area contributed by atoms with Crippen molar-refractivity contribution in [1.82, 2.24) is 0 Å². The molecule has 2 N–H and O–H groups in total. The summed E-state index contributed by atoms with van der Waals surface area (Å²) in [6, 6.07) is 10.2. The van der Waals surface area contributed by atoms with Crippen LogP contribution in [0.5, 0.6) is 11.5 Å². The van der Waals surface area contributed by atoms with Gasteiger partial charge >= 0.3 is 6.18 Å². The molecule has 0 amide bonds. The predicted octanol–water partition coefficient (Wildman–Crippen LogP) is 4.68. The number of nitrogens with two attached hydrogens (primary N) is 1. The maximum Gasteiger partial charge on any atom is 0.416 e. The Balaban J connectivity index is 2.36. The first kappa shape index (κ1) is 14.0. The lowest BCUT2D eigenvalue weighted by Crippen LogP contribution is -2.06. The van der Waals surface area contributed by atoms with Crippen LogP contribution in [0.15, 0.2) is 42.5 Å². The van der Waals surface area contributed by atoms with E-state index in [4.69, 9.17) is 10.5 Å². The second kappa shape index (κ2) is 5.28. The largest absolute Gasteiger partial charge is 0.456 e. The van der Waals surface area contributed by atoms with E-state index in [0.29, 0.717) is 5.75 Å². The van der Waals surface area contributed by atoms with Crippen molar-refractivity contribution in [2.45, 2.75) is 6.18 Å². The molecule has 0 aliphatic rings. The van der Waals surface area contributed by atoms with Crippen LogP contribution in [0, 0.1) is 3.57 Å². The normalized spacial score (nSPS) is 11.4. The highest BCUT2D eigenvalue weighted by Crippen LogP contribution is 2.35. The molecule has 0 heterocycles. The van der Waals surface area contributed by atoms with Crippen LogP contribution in [0.25, 0.3) is 0 Å². The van der Waals surface area contributed by atoms with E-state index in [-0.39, 0.29) is 11.4 Å². The summed E-state index contributed by atoms with van der Waals surface area (Å²) in [7, 11) is 0. The molecule has 0 radical (unpaired) electrons. The third-order valence-corrected chi connectivity index (χ3v) is 3.21.